The number of aromatic amines is 1. The maximum absolute atomic E-state index is 13.0. The topological polar surface area (TPSA) is 90.0 Å². The van der Waals surface area contributed by atoms with Crippen LogP contribution in [0.2, 0.25) is 0 Å². The number of hydrogen-bond donors (Lipinski definition) is 2. The molecule has 1 atom stereocenters. The summed E-state index contributed by atoms with van der Waals surface area (Å²) in [4.78, 5) is 25.3. The summed E-state index contributed by atoms with van der Waals surface area (Å²) < 4.78 is 0. The molecular formula is C18H27N7O. The van der Waals surface area contributed by atoms with E-state index >= 15 is 0 Å². The monoisotopic (exact) mass is 357 g/mol. The molecule has 1 fully saturated rings. The van der Waals surface area contributed by atoms with Gasteiger partial charge in [0, 0.05) is 31.9 Å². The number of aromatic nitrogens is 4. The minimum absolute atomic E-state index is 0.0400. The van der Waals surface area contributed by atoms with Crippen molar-refractivity contribution in [1.29, 1.82) is 0 Å². The Hall–Kier alpha value is -2.64. The van der Waals surface area contributed by atoms with Crippen molar-refractivity contribution in [2.45, 2.75) is 45.6 Å². The number of carbonyl (C=O) groups excluding carboxylic acids is 1. The molecule has 2 amide bonds. The molecule has 3 heterocycles. The third-order valence-corrected chi connectivity index (χ3v) is 4.82. The first-order chi connectivity index (χ1) is 12.5. The smallest absolute Gasteiger partial charge is 0.322 e. The summed E-state index contributed by atoms with van der Waals surface area (Å²) in [5.41, 5.74) is 3.74. The van der Waals surface area contributed by atoms with Crippen LogP contribution in [0.1, 0.15) is 48.7 Å². The highest BCUT2D eigenvalue weighted by Crippen LogP contribution is 2.33. The van der Waals surface area contributed by atoms with Crippen molar-refractivity contribution in [3.63, 3.8) is 0 Å². The lowest BCUT2D eigenvalue weighted by molar-refractivity contribution is 0.189. The number of amides is 2. The first-order valence-electron chi connectivity index (χ1n) is 9.06. The van der Waals surface area contributed by atoms with Crippen LogP contribution in [0.4, 0.5) is 16.4 Å². The van der Waals surface area contributed by atoms with E-state index in [1.807, 2.05) is 37.7 Å². The van der Waals surface area contributed by atoms with Crippen LogP contribution in [-0.2, 0) is 0 Å². The van der Waals surface area contributed by atoms with Crippen molar-refractivity contribution in [1.82, 2.24) is 25.1 Å². The first-order valence-corrected chi connectivity index (χ1v) is 9.06. The Labute approximate surface area is 154 Å². The summed E-state index contributed by atoms with van der Waals surface area (Å²) in [7, 11) is 3.76. The number of nitrogens with zero attached hydrogens (tertiary/aromatic N) is 5. The lowest BCUT2D eigenvalue weighted by Crippen LogP contribution is -2.38. The van der Waals surface area contributed by atoms with Crippen LogP contribution < -0.4 is 10.2 Å². The number of aryl methyl sites for hydroxylation is 2. The second kappa shape index (κ2) is 7.72. The van der Waals surface area contributed by atoms with E-state index < -0.39 is 0 Å². The lowest BCUT2D eigenvalue weighted by Gasteiger charge is -2.30. The second-order valence-corrected chi connectivity index (χ2v) is 7.00. The van der Waals surface area contributed by atoms with Gasteiger partial charge in [-0.05, 0) is 26.7 Å². The summed E-state index contributed by atoms with van der Waals surface area (Å²) in [6, 6.07) is -0.0729. The zero-order valence-electron chi connectivity index (χ0n) is 15.9. The van der Waals surface area contributed by atoms with Crippen LogP contribution in [0.25, 0.3) is 0 Å². The predicted molar refractivity (Wildman–Crippen MR) is 101 cm³/mol. The summed E-state index contributed by atoms with van der Waals surface area (Å²) in [5.74, 6) is 0.611. The van der Waals surface area contributed by atoms with E-state index in [2.05, 4.69) is 25.5 Å². The van der Waals surface area contributed by atoms with Gasteiger partial charge in [0.15, 0.2) is 0 Å². The number of nitrogens with one attached hydrogen (secondary N) is 2. The van der Waals surface area contributed by atoms with Gasteiger partial charge in [0.25, 0.3) is 0 Å². The average Bonchev–Trinajstić information content (AvgIpc) is 2.82. The van der Waals surface area contributed by atoms with Gasteiger partial charge in [-0.25, -0.2) is 14.8 Å². The van der Waals surface area contributed by atoms with Gasteiger partial charge in [0.1, 0.15) is 0 Å². The predicted octanol–water partition coefficient (Wildman–Crippen LogP) is 3.03. The molecule has 2 aromatic rings. The molecule has 1 aliphatic heterocycles. The average molecular weight is 357 g/mol. The van der Waals surface area contributed by atoms with Gasteiger partial charge in [-0.3, -0.25) is 5.10 Å². The molecule has 0 saturated carbocycles. The minimum Gasteiger partial charge on any atom is -0.347 e. The molecule has 26 heavy (non-hydrogen) atoms. The zero-order valence-corrected chi connectivity index (χ0v) is 15.9. The van der Waals surface area contributed by atoms with E-state index in [1.165, 1.54) is 0 Å². The number of H-pyrrole nitrogens is 1. The summed E-state index contributed by atoms with van der Waals surface area (Å²) in [6.45, 7) is 4.74. The van der Waals surface area contributed by atoms with Crippen LogP contribution >= 0.6 is 0 Å². The fraction of sp³-hybridized carbons (Fsp3) is 0.556. The van der Waals surface area contributed by atoms with Gasteiger partial charge in [-0.1, -0.05) is 12.8 Å². The highest BCUT2D eigenvalue weighted by molar-refractivity contribution is 5.89. The van der Waals surface area contributed by atoms with E-state index in [1.54, 1.807) is 12.4 Å². The summed E-state index contributed by atoms with van der Waals surface area (Å²) in [5, 5.41) is 10.3. The molecule has 0 aromatic carbocycles. The molecule has 0 radical (unpaired) electrons. The number of hydrogen-bond acceptors (Lipinski definition) is 5. The van der Waals surface area contributed by atoms with E-state index in [-0.39, 0.29) is 12.1 Å². The van der Waals surface area contributed by atoms with Crippen LogP contribution in [0.5, 0.6) is 0 Å². The molecule has 2 aromatic heterocycles. The maximum atomic E-state index is 13.0. The van der Waals surface area contributed by atoms with Gasteiger partial charge in [-0.2, -0.15) is 5.10 Å². The molecule has 0 spiro atoms. The molecule has 0 unspecified atom stereocenters. The van der Waals surface area contributed by atoms with E-state index in [4.69, 9.17) is 0 Å². The number of carbonyl (C=O) groups is 1. The highest BCUT2D eigenvalue weighted by atomic mass is 16.2. The SMILES string of the molecule is Cc1n[nH]c(C)c1[C@@H]1CCCCCN1C(=O)Nc1cnc(N(C)C)nc1. The van der Waals surface area contributed by atoms with E-state index in [9.17, 15) is 4.79 Å². The molecular weight excluding hydrogens is 330 g/mol. The molecule has 1 saturated heterocycles. The van der Waals surface area contributed by atoms with Crippen LogP contribution in [-0.4, -0.2) is 51.7 Å². The van der Waals surface area contributed by atoms with Crippen molar-refractivity contribution < 1.29 is 4.79 Å². The quantitative estimate of drug-likeness (QED) is 0.881. The molecule has 140 valence electrons. The summed E-state index contributed by atoms with van der Waals surface area (Å²) >= 11 is 0. The molecule has 0 aliphatic carbocycles. The van der Waals surface area contributed by atoms with Crippen molar-refractivity contribution in [2.24, 2.45) is 0 Å². The van der Waals surface area contributed by atoms with Crippen LogP contribution in [0.15, 0.2) is 12.4 Å². The van der Waals surface area contributed by atoms with Gasteiger partial charge in [0.2, 0.25) is 5.95 Å². The van der Waals surface area contributed by atoms with Gasteiger partial charge in [-0.15, -0.1) is 0 Å². The third-order valence-electron chi connectivity index (χ3n) is 4.82. The number of urea groups is 1. The highest BCUT2D eigenvalue weighted by Gasteiger charge is 2.30. The summed E-state index contributed by atoms with van der Waals surface area (Å²) in [6.07, 6.45) is 7.49. The normalized spacial score (nSPS) is 17.7. The van der Waals surface area contributed by atoms with Gasteiger partial charge >= 0.3 is 6.03 Å². The Morgan fingerprint density at radius 3 is 2.58 bits per heavy atom. The Bertz CT molecular complexity index is 734. The van der Waals surface area contributed by atoms with Crippen molar-refractivity contribution in [3.05, 3.63) is 29.3 Å². The van der Waals surface area contributed by atoms with E-state index in [0.29, 0.717) is 11.6 Å². The second-order valence-electron chi connectivity index (χ2n) is 7.00. The Morgan fingerprint density at radius 2 is 1.96 bits per heavy atom. The number of likely N-dealkylation sites (tertiary alicyclic amines) is 1. The lowest BCUT2D eigenvalue weighted by atomic mass is 9.99. The number of anilines is 2. The van der Waals surface area contributed by atoms with Crippen LogP contribution in [0, 0.1) is 13.8 Å². The zero-order chi connectivity index (χ0) is 18.7. The Kier molecular flexibility index (Phi) is 5.39. The fourth-order valence-corrected chi connectivity index (χ4v) is 3.51. The minimum atomic E-state index is -0.113. The van der Waals surface area contributed by atoms with Gasteiger partial charge in [0.05, 0.1) is 29.8 Å². The fourth-order valence-electron chi connectivity index (χ4n) is 3.51. The molecule has 1 aliphatic rings. The first kappa shape index (κ1) is 18.2. The Balaban J connectivity index is 1.80. The van der Waals surface area contributed by atoms with Crippen molar-refractivity contribution in [3.8, 4) is 0 Å². The maximum Gasteiger partial charge on any atom is 0.322 e. The molecule has 3 rings (SSSR count). The largest absolute Gasteiger partial charge is 0.347 e. The van der Waals surface area contributed by atoms with Crippen molar-refractivity contribution >= 4 is 17.7 Å². The molecule has 2 N–H and O–H groups in total. The van der Waals surface area contributed by atoms with Gasteiger partial charge < -0.3 is 15.1 Å². The van der Waals surface area contributed by atoms with Crippen molar-refractivity contribution in [2.75, 3.05) is 30.9 Å². The standard InChI is InChI=1S/C18H27N7O/c1-12-16(13(2)23-22-12)15-8-6-5-7-9-25(15)18(26)21-14-10-19-17(20-11-14)24(3)4/h10-11,15H,5-9H2,1-4H3,(H,21,26)(H,22,23)/t15-/m0/s1. The molecule has 0 bridgehead atoms. The molecule has 8 heteroatoms. The Morgan fingerprint density at radius 1 is 1.23 bits per heavy atom. The van der Waals surface area contributed by atoms with Crippen LogP contribution in [0.3, 0.4) is 0 Å². The van der Waals surface area contributed by atoms with E-state index in [0.717, 1.165) is 49.2 Å². The molecule has 8 nitrogen and oxygen atoms in total. The third kappa shape index (κ3) is 3.79. The number of rotatable bonds is 3.